The Hall–Kier alpha value is -0.870. The zero-order chi connectivity index (χ0) is 15.0. The topological polar surface area (TPSA) is 32.3 Å². The zero-order valence-electron chi connectivity index (χ0n) is 13.3. The molecule has 2 unspecified atom stereocenters. The van der Waals surface area contributed by atoms with Crippen molar-refractivity contribution in [2.45, 2.75) is 70.6 Å². The lowest BCUT2D eigenvalue weighted by Gasteiger charge is -2.34. The lowest BCUT2D eigenvalue weighted by molar-refractivity contribution is -0.136. The maximum Gasteiger partial charge on any atom is 0.244 e. The predicted octanol–water partition coefficient (Wildman–Crippen LogP) is 3.93. The Bertz CT molecular complexity index is 491. The Morgan fingerprint density at radius 3 is 2.67 bits per heavy atom. The summed E-state index contributed by atoms with van der Waals surface area (Å²) in [5.74, 6) is 0.829. The highest BCUT2D eigenvalue weighted by Gasteiger charge is 2.54. The summed E-state index contributed by atoms with van der Waals surface area (Å²) in [6, 6.07) is 2.47. The standard InChI is InChI=1S/C17H26N2OS/c1-4-14(12(2)3)19-15(13-7-10-21-11-13)18-17(16(19)20)8-5-6-9-17/h7,10-12,14-15,18H,4-6,8-9H2,1-3H3. The lowest BCUT2D eigenvalue weighted by atomic mass is 9.95. The molecular weight excluding hydrogens is 280 g/mol. The molecule has 116 valence electrons. The van der Waals surface area contributed by atoms with Crippen LogP contribution in [-0.2, 0) is 4.79 Å². The van der Waals surface area contributed by atoms with Gasteiger partial charge in [0.25, 0.3) is 0 Å². The van der Waals surface area contributed by atoms with Crippen LogP contribution in [0.3, 0.4) is 0 Å². The van der Waals surface area contributed by atoms with Crippen molar-refractivity contribution >= 4 is 17.2 Å². The highest BCUT2D eigenvalue weighted by molar-refractivity contribution is 7.07. The molecule has 1 amide bonds. The van der Waals surface area contributed by atoms with Gasteiger partial charge in [-0.15, -0.1) is 0 Å². The first kappa shape index (κ1) is 15.0. The first-order valence-corrected chi connectivity index (χ1v) is 9.16. The molecule has 2 heterocycles. The van der Waals surface area contributed by atoms with E-state index in [-0.39, 0.29) is 11.7 Å². The molecule has 3 rings (SSSR count). The summed E-state index contributed by atoms with van der Waals surface area (Å²) in [5.41, 5.74) is 0.964. The largest absolute Gasteiger partial charge is 0.318 e. The Balaban J connectivity index is 1.98. The van der Waals surface area contributed by atoms with Gasteiger partial charge >= 0.3 is 0 Å². The minimum absolute atomic E-state index is 0.0641. The maximum absolute atomic E-state index is 13.2. The van der Waals surface area contributed by atoms with Crippen molar-refractivity contribution in [3.8, 4) is 0 Å². The van der Waals surface area contributed by atoms with Gasteiger partial charge in [-0.1, -0.05) is 33.6 Å². The van der Waals surface area contributed by atoms with Gasteiger partial charge in [0.05, 0.1) is 5.54 Å². The van der Waals surface area contributed by atoms with E-state index in [0.29, 0.717) is 17.9 Å². The number of carbonyl (C=O) groups is 1. The van der Waals surface area contributed by atoms with Gasteiger partial charge in [-0.2, -0.15) is 11.3 Å². The zero-order valence-corrected chi connectivity index (χ0v) is 14.1. The summed E-state index contributed by atoms with van der Waals surface area (Å²) in [6.45, 7) is 6.65. The van der Waals surface area contributed by atoms with Crippen molar-refractivity contribution < 1.29 is 4.79 Å². The fourth-order valence-electron chi connectivity index (χ4n) is 4.10. The molecule has 1 N–H and O–H groups in total. The summed E-state index contributed by atoms with van der Waals surface area (Å²) in [4.78, 5) is 15.4. The van der Waals surface area contributed by atoms with E-state index in [0.717, 1.165) is 19.3 Å². The second kappa shape index (κ2) is 5.73. The van der Waals surface area contributed by atoms with Crippen LogP contribution in [0.15, 0.2) is 16.8 Å². The van der Waals surface area contributed by atoms with Gasteiger partial charge < -0.3 is 4.90 Å². The summed E-state index contributed by atoms with van der Waals surface area (Å²) >= 11 is 1.71. The van der Waals surface area contributed by atoms with E-state index in [1.54, 1.807) is 11.3 Å². The Morgan fingerprint density at radius 2 is 2.14 bits per heavy atom. The van der Waals surface area contributed by atoms with E-state index in [2.05, 4.69) is 47.8 Å². The van der Waals surface area contributed by atoms with Crippen LogP contribution < -0.4 is 5.32 Å². The van der Waals surface area contributed by atoms with Crippen molar-refractivity contribution in [2.75, 3.05) is 0 Å². The van der Waals surface area contributed by atoms with Crippen LogP contribution in [-0.4, -0.2) is 22.4 Å². The number of nitrogens with one attached hydrogen (secondary N) is 1. The van der Waals surface area contributed by atoms with Gasteiger partial charge in [0.2, 0.25) is 5.91 Å². The average Bonchev–Trinajstić information content (AvgIpc) is 3.16. The van der Waals surface area contributed by atoms with Gasteiger partial charge in [0.1, 0.15) is 6.17 Å². The smallest absolute Gasteiger partial charge is 0.244 e. The van der Waals surface area contributed by atoms with Crippen LogP contribution in [0.2, 0.25) is 0 Å². The molecule has 1 spiro atoms. The molecule has 1 aliphatic carbocycles. The Kier molecular flexibility index (Phi) is 4.10. The second-order valence-corrected chi connectivity index (χ2v) is 7.60. The molecule has 1 aliphatic heterocycles. The van der Waals surface area contributed by atoms with Crippen LogP contribution >= 0.6 is 11.3 Å². The summed E-state index contributed by atoms with van der Waals surface area (Å²) in [7, 11) is 0. The van der Waals surface area contributed by atoms with E-state index >= 15 is 0 Å². The Morgan fingerprint density at radius 1 is 1.43 bits per heavy atom. The van der Waals surface area contributed by atoms with Gasteiger partial charge in [-0.05, 0) is 47.6 Å². The van der Waals surface area contributed by atoms with Crippen LogP contribution in [0.5, 0.6) is 0 Å². The van der Waals surface area contributed by atoms with E-state index in [9.17, 15) is 4.79 Å². The molecule has 1 saturated carbocycles. The first-order valence-electron chi connectivity index (χ1n) is 8.21. The van der Waals surface area contributed by atoms with Gasteiger partial charge in [-0.25, -0.2) is 0 Å². The predicted molar refractivity (Wildman–Crippen MR) is 87.2 cm³/mol. The number of amides is 1. The van der Waals surface area contributed by atoms with E-state index in [1.165, 1.54) is 18.4 Å². The molecule has 1 saturated heterocycles. The maximum atomic E-state index is 13.2. The number of rotatable bonds is 4. The molecule has 1 aromatic rings. The third kappa shape index (κ3) is 2.42. The van der Waals surface area contributed by atoms with Crippen LogP contribution in [0.4, 0.5) is 0 Å². The van der Waals surface area contributed by atoms with Gasteiger partial charge in [0.15, 0.2) is 0 Å². The van der Waals surface area contributed by atoms with E-state index in [4.69, 9.17) is 0 Å². The molecule has 0 radical (unpaired) electrons. The fourth-order valence-corrected chi connectivity index (χ4v) is 4.78. The number of hydrogen-bond acceptors (Lipinski definition) is 3. The average molecular weight is 306 g/mol. The molecular formula is C17H26N2OS. The third-order valence-electron chi connectivity index (χ3n) is 5.20. The number of carbonyl (C=O) groups excluding carboxylic acids is 1. The SMILES string of the molecule is CCC(C(C)C)N1C(=O)C2(CCCC2)NC1c1ccsc1. The first-order chi connectivity index (χ1) is 10.1. The van der Waals surface area contributed by atoms with Crippen LogP contribution in [0.1, 0.15) is 64.6 Å². The molecule has 2 aliphatic rings. The molecule has 3 nitrogen and oxygen atoms in total. The van der Waals surface area contributed by atoms with E-state index < -0.39 is 0 Å². The highest BCUT2D eigenvalue weighted by atomic mass is 32.1. The molecule has 2 atom stereocenters. The summed E-state index contributed by atoms with van der Waals surface area (Å²) < 4.78 is 0. The molecule has 1 aromatic heterocycles. The van der Waals surface area contributed by atoms with Gasteiger partial charge in [0, 0.05) is 6.04 Å². The van der Waals surface area contributed by atoms with Crippen molar-refractivity contribution in [3.05, 3.63) is 22.4 Å². The minimum Gasteiger partial charge on any atom is -0.318 e. The molecule has 0 aromatic carbocycles. The second-order valence-electron chi connectivity index (χ2n) is 6.82. The fraction of sp³-hybridized carbons (Fsp3) is 0.706. The highest BCUT2D eigenvalue weighted by Crippen LogP contribution is 2.43. The van der Waals surface area contributed by atoms with E-state index in [1.807, 2.05) is 0 Å². The number of thiophene rings is 1. The monoisotopic (exact) mass is 306 g/mol. The van der Waals surface area contributed by atoms with Crippen molar-refractivity contribution in [3.63, 3.8) is 0 Å². The quantitative estimate of drug-likeness (QED) is 0.914. The summed E-state index contributed by atoms with van der Waals surface area (Å²) in [6.07, 6.45) is 5.41. The van der Waals surface area contributed by atoms with Crippen LogP contribution in [0, 0.1) is 5.92 Å². The van der Waals surface area contributed by atoms with Crippen LogP contribution in [0.25, 0.3) is 0 Å². The van der Waals surface area contributed by atoms with Crippen molar-refractivity contribution in [1.29, 1.82) is 0 Å². The third-order valence-corrected chi connectivity index (χ3v) is 5.90. The van der Waals surface area contributed by atoms with Crippen molar-refractivity contribution in [1.82, 2.24) is 10.2 Å². The molecule has 21 heavy (non-hydrogen) atoms. The minimum atomic E-state index is -0.283. The van der Waals surface area contributed by atoms with Gasteiger partial charge in [-0.3, -0.25) is 10.1 Å². The molecule has 4 heteroatoms. The Labute approximate surface area is 131 Å². The number of nitrogens with zero attached hydrogens (tertiary/aromatic N) is 1. The number of hydrogen-bond donors (Lipinski definition) is 1. The van der Waals surface area contributed by atoms with Crippen molar-refractivity contribution in [2.24, 2.45) is 5.92 Å². The lowest BCUT2D eigenvalue weighted by Crippen LogP contribution is -2.46. The summed E-state index contributed by atoms with van der Waals surface area (Å²) in [5, 5.41) is 8.01. The molecule has 0 bridgehead atoms. The molecule has 2 fully saturated rings. The normalized spacial score (nSPS) is 26.2.